The van der Waals surface area contributed by atoms with Crippen LogP contribution in [-0.4, -0.2) is 33.1 Å². The topological polar surface area (TPSA) is 74.8 Å². The Kier molecular flexibility index (Phi) is 2.55. The number of amides is 1. The van der Waals surface area contributed by atoms with Crippen molar-refractivity contribution in [2.24, 2.45) is 5.92 Å². The van der Waals surface area contributed by atoms with E-state index in [1.807, 2.05) is 18.2 Å². The van der Waals surface area contributed by atoms with Crippen LogP contribution in [0.4, 0.5) is 5.69 Å². The number of rotatable bonds is 1. The molecule has 92 valence electrons. The van der Waals surface area contributed by atoms with Crippen LogP contribution >= 0.6 is 0 Å². The van der Waals surface area contributed by atoms with Crippen LogP contribution in [0.3, 0.4) is 0 Å². The molecule has 1 unspecified atom stereocenters. The van der Waals surface area contributed by atoms with E-state index in [1.165, 1.54) is 5.56 Å². The zero-order valence-corrected chi connectivity index (χ0v) is 10.00. The molecule has 0 aliphatic carbocycles. The molecule has 1 aromatic carbocycles. The van der Waals surface area contributed by atoms with E-state index in [0.717, 1.165) is 12.1 Å². The van der Waals surface area contributed by atoms with Gasteiger partial charge in [-0.15, -0.1) is 10.2 Å². The number of H-pyrrole nitrogens is 1. The average Bonchev–Trinajstić information content (AvgIpc) is 2.90. The summed E-state index contributed by atoms with van der Waals surface area (Å²) in [6.45, 7) is 2.82. The van der Waals surface area contributed by atoms with Gasteiger partial charge < -0.3 is 4.90 Å². The number of carbonyl (C=O) groups excluding carboxylic acids is 1. The Morgan fingerprint density at radius 2 is 2.28 bits per heavy atom. The summed E-state index contributed by atoms with van der Waals surface area (Å²) >= 11 is 0. The Bertz CT molecular complexity index is 566. The largest absolute Gasteiger partial charge is 0.305 e. The minimum atomic E-state index is -0.206. The minimum absolute atomic E-state index is 0.110. The van der Waals surface area contributed by atoms with Crippen LogP contribution in [0.15, 0.2) is 24.3 Å². The second-order valence-corrected chi connectivity index (χ2v) is 4.59. The van der Waals surface area contributed by atoms with Gasteiger partial charge in [0.05, 0.1) is 0 Å². The van der Waals surface area contributed by atoms with Gasteiger partial charge in [0.1, 0.15) is 0 Å². The van der Waals surface area contributed by atoms with Gasteiger partial charge in [-0.1, -0.05) is 25.1 Å². The lowest BCUT2D eigenvalue weighted by Crippen LogP contribution is -2.39. The van der Waals surface area contributed by atoms with Crippen molar-refractivity contribution in [1.29, 1.82) is 0 Å². The summed E-state index contributed by atoms with van der Waals surface area (Å²) in [4.78, 5) is 14.0. The molecule has 1 aromatic heterocycles. The fraction of sp³-hybridized carbons (Fsp3) is 0.333. The molecule has 0 spiro atoms. The van der Waals surface area contributed by atoms with E-state index in [0.29, 0.717) is 12.5 Å². The summed E-state index contributed by atoms with van der Waals surface area (Å²) in [6.07, 6.45) is 0.992. The first-order valence-corrected chi connectivity index (χ1v) is 5.89. The maximum absolute atomic E-state index is 12.3. The lowest BCUT2D eigenvalue weighted by Gasteiger charge is -2.32. The Morgan fingerprint density at radius 1 is 1.44 bits per heavy atom. The molecule has 1 aliphatic heterocycles. The minimum Gasteiger partial charge on any atom is -0.305 e. The summed E-state index contributed by atoms with van der Waals surface area (Å²) < 4.78 is 0. The van der Waals surface area contributed by atoms with Crippen molar-refractivity contribution in [3.05, 3.63) is 35.7 Å². The van der Waals surface area contributed by atoms with Crippen LogP contribution in [-0.2, 0) is 6.42 Å². The highest BCUT2D eigenvalue weighted by Crippen LogP contribution is 2.29. The van der Waals surface area contributed by atoms with Crippen LogP contribution in [0.5, 0.6) is 0 Å². The molecule has 0 radical (unpaired) electrons. The normalized spacial score (nSPS) is 18.5. The maximum atomic E-state index is 12.3. The number of aromatic nitrogens is 4. The number of fused-ring (bicyclic) bond motifs is 1. The Balaban J connectivity index is 2.00. The van der Waals surface area contributed by atoms with Gasteiger partial charge in [0.25, 0.3) is 11.7 Å². The van der Waals surface area contributed by atoms with Crippen molar-refractivity contribution in [3.8, 4) is 0 Å². The molecule has 2 aromatic rings. The van der Waals surface area contributed by atoms with E-state index < -0.39 is 0 Å². The van der Waals surface area contributed by atoms with Crippen LogP contribution in [0.2, 0.25) is 0 Å². The van der Waals surface area contributed by atoms with Gasteiger partial charge in [-0.25, -0.2) is 0 Å². The predicted molar refractivity (Wildman–Crippen MR) is 65.2 cm³/mol. The van der Waals surface area contributed by atoms with Gasteiger partial charge in [0.2, 0.25) is 0 Å². The average molecular weight is 243 g/mol. The second-order valence-electron chi connectivity index (χ2n) is 4.59. The number of anilines is 1. The molecule has 0 saturated carbocycles. The van der Waals surface area contributed by atoms with Gasteiger partial charge in [-0.2, -0.15) is 5.21 Å². The highest BCUT2D eigenvalue weighted by atomic mass is 16.2. The number of aromatic amines is 1. The number of para-hydroxylation sites is 1. The highest BCUT2D eigenvalue weighted by molar-refractivity contribution is 6.04. The van der Waals surface area contributed by atoms with E-state index in [1.54, 1.807) is 4.90 Å². The molecule has 1 N–H and O–H groups in total. The SMILES string of the molecule is CC1Cc2ccccc2N(C(=O)c2nn[nH]n2)C1. The lowest BCUT2D eigenvalue weighted by atomic mass is 9.94. The van der Waals surface area contributed by atoms with E-state index in [4.69, 9.17) is 0 Å². The van der Waals surface area contributed by atoms with E-state index >= 15 is 0 Å². The number of hydrogen-bond acceptors (Lipinski definition) is 4. The first-order valence-electron chi connectivity index (χ1n) is 5.89. The first-order chi connectivity index (χ1) is 8.75. The van der Waals surface area contributed by atoms with Crippen molar-refractivity contribution in [2.75, 3.05) is 11.4 Å². The van der Waals surface area contributed by atoms with Gasteiger partial charge >= 0.3 is 0 Å². The highest BCUT2D eigenvalue weighted by Gasteiger charge is 2.28. The molecule has 2 heterocycles. The standard InChI is InChI=1S/C12H13N5O/c1-8-6-9-4-2-3-5-10(9)17(7-8)12(18)11-13-15-16-14-11/h2-5,8H,6-7H2,1H3,(H,13,14,15,16). The smallest absolute Gasteiger partial charge is 0.299 e. The quantitative estimate of drug-likeness (QED) is 0.812. The molecule has 0 saturated heterocycles. The number of nitrogens with zero attached hydrogens (tertiary/aromatic N) is 4. The molecule has 1 atom stereocenters. The van der Waals surface area contributed by atoms with Crippen molar-refractivity contribution >= 4 is 11.6 Å². The third kappa shape index (κ3) is 1.75. The van der Waals surface area contributed by atoms with Crippen LogP contribution in [0, 0.1) is 5.92 Å². The summed E-state index contributed by atoms with van der Waals surface area (Å²) in [5.41, 5.74) is 2.14. The van der Waals surface area contributed by atoms with Crippen LogP contribution in [0.25, 0.3) is 0 Å². The first kappa shape index (κ1) is 10.9. The molecule has 3 rings (SSSR count). The van der Waals surface area contributed by atoms with Crippen molar-refractivity contribution in [2.45, 2.75) is 13.3 Å². The molecule has 0 fully saturated rings. The third-order valence-electron chi connectivity index (χ3n) is 3.13. The number of hydrogen-bond donors (Lipinski definition) is 1. The number of carbonyl (C=O) groups is 1. The van der Waals surface area contributed by atoms with Crippen molar-refractivity contribution < 1.29 is 4.79 Å². The van der Waals surface area contributed by atoms with Crippen LogP contribution < -0.4 is 4.90 Å². The number of tetrazole rings is 1. The Hall–Kier alpha value is -2.24. The summed E-state index contributed by atoms with van der Waals surface area (Å²) in [5, 5.41) is 13.2. The molecule has 6 nitrogen and oxygen atoms in total. The molecular formula is C12H13N5O. The van der Waals surface area contributed by atoms with E-state index in [9.17, 15) is 4.79 Å². The van der Waals surface area contributed by atoms with Gasteiger partial charge in [-0.05, 0) is 29.2 Å². The summed E-state index contributed by atoms with van der Waals surface area (Å²) in [5.74, 6) is 0.331. The van der Waals surface area contributed by atoms with Crippen LogP contribution in [0.1, 0.15) is 23.1 Å². The van der Waals surface area contributed by atoms with Gasteiger partial charge in [-0.3, -0.25) is 4.79 Å². The molecule has 1 amide bonds. The fourth-order valence-corrected chi connectivity index (χ4v) is 2.36. The fourth-order valence-electron chi connectivity index (χ4n) is 2.36. The summed E-state index contributed by atoms with van der Waals surface area (Å²) in [7, 11) is 0. The molecule has 6 heteroatoms. The Labute approximate surface area is 104 Å². The zero-order valence-electron chi connectivity index (χ0n) is 10.00. The molecule has 18 heavy (non-hydrogen) atoms. The monoisotopic (exact) mass is 243 g/mol. The van der Waals surface area contributed by atoms with Crippen molar-refractivity contribution in [3.63, 3.8) is 0 Å². The Morgan fingerprint density at radius 3 is 3.06 bits per heavy atom. The van der Waals surface area contributed by atoms with Gasteiger partial charge in [0.15, 0.2) is 0 Å². The molecule has 1 aliphatic rings. The number of nitrogens with one attached hydrogen (secondary N) is 1. The molecular weight excluding hydrogens is 230 g/mol. The third-order valence-corrected chi connectivity index (χ3v) is 3.13. The summed E-state index contributed by atoms with van der Waals surface area (Å²) in [6, 6.07) is 7.94. The molecule has 0 bridgehead atoms. The van der Waals surface area contributed by atoms with Crippen molar-refractivity contribution in [1.82, 2.24) is 20.6 Å². The zero-order chi connectivity index (χ0) is 12.5. The number of benzene rings is 1. The van der Waals surface area contributed by atoms with Gasteiger partial charge in [0, 0.05) is 12.2 Å². The maximum Gasteiger partial charge on any atom is 0.299 e. The van der Waals surface area contributed by atoms with E-state index in [2.05, 4.69) is 33.6 Å². The predicted octanol–water partition coefficient (Wildman–Crippen LogP) is 1.04. The van der Waals surface area contributed by atoms with E-state index in [-0.39, 0.29) is 11.7 Å². The second kappa shape index (κ2) is 4.21. The lowest BCUT2D eigenvalue weighted by molar-refractivity contribution is 0.0971.